The number of H-pyrrole nitrogens is 1. The fourth-order valence-corrected chi connectivity index (χ4v) is 3.47. The van der Waals surface area contributed by atoms with Crippen LogP contribution in [0.25, 0.3) is 10.9 Å². The van der Waals surface area contributed by atoms with E-state index in [-0.39, 0.29) is 28.7 Å². The minimum atomic E-state index is -0.485. The molecule has 2 heterocycles. The molecule has 4 rings (SSSR count). The Morgan fingerprint density at radius 3 is 2.52 bits per heavy atom. The summed E-state index contributed by atoms with van der Waals surface area (Å²) in [6.45, 7) is 0. The van der Waals surface area contributed by atoms with E-state index in [9.17, 15) is 10.4 Å². The van der Waals surface area contributed by atoms with Gasteiger partial charge in [-0.15, -0.1) is 0 Å². The second kappa shape index (κ2) is 6.18. The molecule has 3 aromatic rings. The molecule has 1 unspecified atom stereocenters. The molecule has 1 aliphatic heterocycles. The van der Waals surface area contributed by atoms with Gasteiger partial charge in [-0.3, -0.25) is 0 Å². The van der Waals surface area contributed by atoms with Gasteiger partial charge in [0.25, 0.3) is 0 Å². The summed E-state index contributed by atoms with van der Waals surface area (Å²) in [5, 5.41) is 20.8. The normalized spacial score (nSPS) is 15.8. The highest BCUT2D eigenvalue weighted by atomic mass is 16.5. The standard InChI is InChI=1S/C20H17N3O4/c1-25-15-7-10(8-16(26-2)18(15)24)17-12-3-4-14-11(5-6-23-14)19(12)27-20(22)13(17)9-21/h3-8,17,23-24H,22H2,1-2H3. The zero-order valence-corrected chi connectivity index (χ0v) is 14.7. The number of fused-ring (bicyclic) bond motifs is 3. The van der Waals surface area contributed by atoms with Crippen molar-refractivity contribution in [2.24, 2.45) is 5.73 Å². The highest BCUT2D eigenvalue weighted by Gasteiger charge is 2.33. The topological polar surface area (TPSA) is 114 Å². The fourth-order valence-electron chi connectivity index (χ4n) is 3.47. The Labute approximate surface area is 155 Å². The number of nitrogens with one attached hydrogen (secondary N) is 1. The number of aromatic amines is 1. The first kappa shape index (κ1) is 16.7. The number of hydrogen-bond donors (Lipinski definition) is 3. The first-order valence-corrected chi connectivity index (χ1v) is 8.21. The van der Waals surface area contributed by atoms with Crippen molar-refractivity contribution in [1.29, 1.82) is 5.26 Å². The van der Waals surface area contributed by atoms with Gasteiger partial charge in [-0.2, -0.15) is 5.26 Å². The van der Waals surface area contributed by atoms with Gasteiger partial charge in [0.15, 0.2) is 11.5 Å². The number of benzene rings is 2. The molecule has 136 valence electrons. The molecule has 1 atom stereocenters. The summed E-state index contributed by atoms with van der Waals surface area (Å²) in [5.41, 5.74) is 8.75. The monoisotopic (exact) mass is 363 g/mol. The Morgan fingerprint density at radius 1 is 1.19 bits per heavy atom. The van der Waals surface area contributed by atoms with Crippen LogP contribution in [-0.4, -0.2) is 24.3 Å². The van der Waals surface area contributed by atoms with Gasteiger partial charge in [-0.25, -0.2) is 0 Å². The maximum absolute atomic E-state index is 10.2. The summed E-state index contributed by atoms with van der Waals surface area (Å²) in [5.74, 6) is 0.553. The molecule has 1 aromatic heterocycles. The van der Waals surface area contributed by atoms with Crippen molar-refractivity contribution in [3.05, 3.63) is 59.1 Å². The maximum Gasteiger partial charge on any atom is 0.205 e. The van der Waals surface area contributed by atoms with Gasteiger partial charge in [0.2, 0.25) is 11.6 Å². The van der Waals surface area contributed by atoms with E-state index in [4.69, 9.17) is 19.9 Å². The lowest BCUT2D eigenvalue weighted by Crippen LogP contribution is -2.21. The lowest BCUT2D eigenvalue weighted by atomic mass is 9.82. The molecular formula is C20H17N3O4. The first-order valence-electron chi connectivity index (χ1n) is 8.21. The predicted octanol–water partition coefficient (Wildman–Crippen LogP) is 3.11. The molecule has 0 amide bonds. The van der Waals surface area contributed by atoms with E-state index in [0.29, 0.717) is 11.3 Å². The molecule has 0 spiro atoms. The van der Waals surface area contributed by atoms with Crippen molar-refractivity contribution in [3.8, 4) is 29.1 Å². The summed E-state index contributed by atoms with van der Waals surface area (Å²) >= 11 is 0. The van der Waals surface area contributed by atoms with Crippen LogP contribution < -0.4 is 19.9 Å². The Balaban J connectivity index is 2.01. The summed E-state index contributed by atoms with van der Waals surface area (Å²) in [6, 6.07) is 11.2. The van der Waals surface area contributed by atoms with E-state index in [1.165, 1.54) is 14.2 Å². The molecule has 0 fully saturated rings. The maximum atomic E-state index is 10.2. The van der Waals surface area contributed by atoms with Gasteiger partial charge in [0, 0.05) is 22.7 Å². The summed E-state index contributed by atoms with van der Waals surface area (Å²) in [4.78, 5) is 3.13. The molecule has 7 nitrogen and oxygen atoms in total. The molecular weight excluding hydrogens is 346 g/mol. The second-order valence-corrected chi connectivity index (χ2v) is 6.12. The Bertz CT molecular complexity index is 1100. The third-order valence-electron chi connectivity index (χ3n) is 4.75. The van der Waals surface area contributed by atoms with Crippen molar-refractivity contribution in [1.82, 2.24) is 4.98 Å². The minimum Gasteiger partial charge on any atom is -0.502 e. The zero-order chi connectivity index (χ0) is 19.1. The van der Waals surface area contributed by atoms with Crippen LogP contribution in [0.3, 0.4) is 0 Å². The van der Waals surface area contributed by atoms with E-state index in [1.807, 2.05) is 24.4 Å². The Kier molecular flexibility index (Phi) is 3.81. The summed E-state index contributed by atoms with van der Waals surface area (Å²) in [6.07, 6.45) is 1.82. The smallest absolute Gasteiger partial charge is 0.205 e. The zero-order valence-electron chi connectivity index (χ0n) is 14.7. The molecule has 0 radical (unpaired) electrons. The molecule has 7 heteroatoms. The summed E-state index contributed by atoms with van der Waals surface area (Å²) < 4.78 is 16.3. The quantitative estimate of drug-likeness (QED) is 0.659. The molecule has 0 saturated heterocycles. The molecule has 0 bridgehead atoms. The minimum absolute atomic E-state index is 0.0507. The van der Waals surface area contributed by atoms with Crippen LogP contribution in [0, 0.1) is 11.3 Å². The summed E-state index contributed by atoms with van der Waals surface area (Å²) in [7, 11) is 2.91. The Hall–Kier alpha value is -3.79. The molecule has 4 N–H and O–H groups in total. The van der Waals surface area contributed by atoms with Gasteiger partial charge < -0.3 is 30.0 Å². The molecule has 1 aliphatic rings. The van der Waals surface area contributed by atoms with Gasteiger partial charge in [0.1, 0.15) is 17.4 Å². The lowest BCUT2D eigenvalue weighted by molar-refractivity contribution is 0.338. The van der Waals surface area contributed by atoms with E-state index in [0.717, 1.165) is 16.5 Å². The largest absolute Gasteiger partial charge is 0.502 e. The number of rotatable bonds is 3. The van der Waals surface area contributed by atoms with E-state index >= 15 is 0 Å². The average Bonchev–Trinajstić information content (AvgIpc) is 3.16. The highest BCUT2D eigenvalue weighted by molar-refractivity contribution is 5.88. The van der Waals surface area contributed by atoms with Crippen LogP contribution in [0.15, 0.2) is 48.0 Å². The number of aromatic nitrogens is 1. The molecule has 27 heavy (non-hydrogen) atoms. The number of allylic oxidation sites excluding steroid dienone is 1. The number of aromatic hydroxyl groups is 1. The number of nitrogens with two attached hydrogens (primary N) is 1. The van der Waals surface area contributed by atoms with Crippen LogP contribution >= 0.6 is 0 Å². The van der Waals surface area contributed by atoms with Crippen molar-refractivity contribution in [2.45, 2.75) is 5.92 Å². The van der Waals surface area contributed by atoms with Crippen LogP contribution in [0.1, 0.15) is 17.0 Å². The number of ether oxygens (including phenoxy) is 3. The van der Waals surface area contributed by atoms with Crippen LogP contribution in [-0.2, 0) is 0 Å². The van der Waals surface area contributed by atoms with Crippen molar-refractivity contribution in [3.63, 3.8) is 0 Å². The number of phenolic OH excluding ortho intramolecular Hbond substituents is 1. The van der Waals surface area contributed by atoms with Crippen molar-refractivity contribution < 1.29 is 19.3 Å². The fraction of sp³-hybridized carbons (Fsp3) is 0.150. The van der Waals surface area contributed by atoms with Gasteiger partial charge in [0.05, 0.1) is 20.1 Å². The Morgan fingerprint density at radius 2 is 1.89 bits per heavy atom. The van der Waals surface area contributed by atoms with E-state index in [2.05, 4.69) is 11.1 Å². The second-order valence-electron chi connectivity index (χ2n) is 6.12. The van der Waals surface area contributed by atoms with Gasteiger partial charge in [-0.1, -0.05) is 6.07 Å². The molecule has 0 aliphatic carbocycles. The van der Waals surface area contributed by atoms with Crippen LogP contribution in [0.2, 0.25) is 0 Å². The number of methoxy groups -OCH3 is 2. The van der Waals surface area contributed by atoms with Crippen molar-refractivity contribution >= 4 is 10.9 Å². The van der Waals surface area contributed by atoms with E-state index < -0.39 is 5.92 Å². The van der Waals surface area contributed by atoms with Gasteiger partial charge >= 0.3 is 0 Å². The average molecular weight is 363 g/mol. The SMILES string of the molecule is COc1cc(C2C(C#N)=C(N)Oc3c2ccc2[nH]ccc32)cc(OC)c1O. The lowest BCUT2D eigenvalue weighted by Gasteiger charge is -2.27. The predicted molar refractivity (Wildman–Crippen MR) is 98.8 cm³/mol. The van der Waals surface area contributed by atoms with Gasteiger partial charge in [-0.05, 0) is 29.8 Å². The molecule has 2 aromatic carbocycles. The van der Waals surface area contributed by atoms with E-state index in [1.54, 1.807) is 12.1 Å². The van der Waals surface area contributed by atoms with Crippen LogP contribution in [0.5, 0.6) is 23.0 Å². The first-order chi connectivity index (χ1) is 13.1. The highest BCUT2D eigenvalue weighted by Crippen LogP contribution is 2.48. The van der Waals surface area contributed by atoms with Crippen LogP contribution in [0.4, 0.5) is 0 Å². The number of nitrogens with zero attached hydrogens (tertiary/aromatic N) is 1. The number of hydrogen-bond acceptors (Lipinski definition) is 6. The third-order valence-corrected chi connectivity index (χ3v) is 4.75. The van der Waals surface area contributed by atoms with Crippen molar-refractivity contribution in [2.75, 3.05) is 14.2 Å². The third kappa shape index (κ3) is 2.42. The number of phenols is 1. The molecule has 0 saturated carbocycles. The number of nitriles is 1.